The van der Waals surface area contributed by atoms with Crippen LogP contribution in [0.5, 0.6) is 5.75 Å². The standard InChI is InChI=1S/C15H21NO3/c1-3-9-18-13-7-5-4-6-12(13)15(17)14-11-16(2)8-10-19-14/h4-7,14H,3,8-11H2,1-2H3. The van der Waals surface area contributed by atoms with E-state index in [1.165, 1.54) is 0 Å². The van der Waals surface area contributed by atoms with Gasteiger partial charge < -0.3 is 14.4 Å². The van der Waals surface area contributed by atoms with Crippen LogP contribution < -0.4 is 4.74 Å². The minimum atomic E-state index is -0.384. The molecule has 0 aliphatic carbocycles. The summed E-state index contributed by atoms with van der Waals surface area (Å²) in [5.74, 6) is 0.671. The van der Waals surface area contributed by atoms with Crippen molar-refractivity contribution in [3.63, 3.8) is 0 Å². The number of carbonyl (C=O) groups excluding carboxylic acids is 1. The number of carbonyl (C=O) groups is 1. The molecule has 104 valence electrons. The first kappa shape index (κ1) is 14.0. The molecule has 0 bridgehead atoms. The van der Waals surface area contributed by atoms with Crippen molar-refractivity contribution in [1.82, 2.24) is 4.90 Å². The summed E-state index contributed by atoms with van der Waals surface area (Å²) < 4.78 is 11.2. The van der Waals surface area contributed by atoms with Gasteiger partial charge in [-0.1, -0.05) is 19.1 Å². The lowest BCUT2D eigenvalue weighted by molar-refractivity contribution is -0.00878. The largest absolute Gasteiger partial charge is 0.493 e. The molecule has 0 saturated carbocycles. The van der Waals surface area contributed by atoms with Crippen LogP contribution in [-0.4, -0.2) is 50.1 Å². The van der Waals surface area contributed by atoms with Crippen molar-refractivity contribution < 1.29 is 14.3 Å². The Hall–Kier alpha value is -1.39. The summed E-state index contributed by atoms with van der Waals surface area (Å²) in [5, 5.41) is 0. The van der Waals surface area contributed by atoms with E-state index in [0.717, 1.165) is 13.0 Å². The van der Waals surface area contributed by atoms with Crippen molar-refractivity contribution in [1.29, 1.82) is 0 Å². The number of hydrogen-bond acceptors (Lipinski definition) is 4. The molecule has 0 spiro atoms. The second-order valence-electron chi connectivity index (χ2n) is 4.83. The Morgan fingerprint density at radius 3 is 3.00 bits per heavy atom. The molecule has 1 unspecified atom stereocenters. The van der Waals surface area contributed by atoms with Gasteiger partial charge in [0.15, 0.2) is 5.78 Å². The number of morpholine rings is 1. The number of hydrogen-bond donors (Lipinski definition) is 0. The molecule has 4 nitrogen and oxygen atoms in total. The molecule has 1 fully saturated rings. The Labute approximate surface area is 114 Å². The Kier molecular flexibility index (Phi) is 4.93. The SMILES string of the molecule is CCCOc1ccccc1C(=O)C1CN(C)CCO1. The van der Waals surface area contributed by atoms with E-state index >= 15 is 0 Å². The van der Waals surface area contributed by atoms with E-state index in [-0.39, 0.29) is 11.9 Å². The number of Topliss-reactive ketones (excluding diaryl/α,β-unsaturated/α-hetero) is 1. The van der Waals surface area contributed by atoms with Gasteiger partial charge in [0.25, 0.3) is 0 Å². The summed E-state index contributed by atoms with van der Waals surface area (Å²) >= 11 is 0. The van der Waals surface area contributed by atoms with Crippen molar-refractivity contribution in [2.75, 3.05) is 33.4 Å². The molecular formula is C15H21NO3. The van der Waals surface area contributed by atoms with Crippen molar-refractivity contribution in [3.05, 3.63) is 29.8 Å². The van der Waals surface area contributed by atoms with Gasteiger partial charge in [-0.25, -0.2) is 0 Å². The van der Waals surface area contributed by atoms with E-state index in [1.807, 2.05) is 38.2 Å². The maximum absolute atomic E-state index is 12.5. The van der Waals surface area contributed by atoms with Gasteiger partial charge in [-0.3, -0.25) is 4.79 Å². The normalized spacial score (nSPS) is 20.2. The first-order valence-electron chi connectivity index (χ1n) is 6.78. The van der Waals surface area contributed by atoms with E-state index in [2.05, 4.69) is 4.90 Å². The van der Waals surface area contributed by atoms with Crippen LogP contribution in [0.1, 0.15) is 23.7 Å². The van der Waals surface area contributed by atoms with Crippen LogP contribution in [0.15, 0.2) is 24.3 Å². The quantitative estimate of drug-likeness (QED) is 0.762. The minimum Gasteiger partial charge on any atom is -0.493 e. The molecular weight excluding hydrogens is 242 g/mol. The molecule has 1 aliphatic rings. The number of rotatable bonds is 5. The van der Waals surface area contributed by atoms with E-state index in [9.17, 15) is 4.79 Å². The number of nitrogens with zero attached hydrogens (tertiary/aromatic N) is 1. The zero-order chi connectivity index (χ0) is 13.7. The molecule has 1 aliphatic heterocycles. The van der Waals surface area contributed by atoms with Crippen LogP contribution >= 0.6 is 0 Å². The average molecular weight is 263 g/mol. The third-order valence-electron chi connectivity index (χ3n) is 3.18. The molecule has 1 saturated heterocycles. The number of ether oxygens (including phenoxy) is 2. The topological polar surface area (TPSA) is 38.8 Å². The summed E-state index contributed by atoms with van der Waals surface area (Å²) in [7, 11) is 2.00. The summed E-state index contributed by atoms with van der Waals surface area (Å²) in [6, 6.07) is 7.40. The Morgan fingerprint density at radius 1 is 1.47 bits per heavy atom. The molecule has 0 radical (unpaired) electrons. The second kappa shape index (κ2) is 6.68. The lowest BCUT2D eigenvalue weighted by atomic mass is 10.0. The highest BCUT2D eigenvalue weighted by Crippen LogP contribution is 2.21. The van der Waals surface area contributed by atoms with Crippen LogP contribution in [0.4, 0.5) is 0 Å². The summed E-state index contributed by atoms with van der Waals surface area (Å²) in [4.78, 5) is 14.6. The molecule has 4 heteroatoms. The molecule has 0 aromatic heterocycles. The predicted octanol–water partition coefficient (Wildman–Crippen LogP) is 1.99. The number of likely N-dealkylation sites (N-methyl/N-ethyl adjacent to an activating group) is 1. The molecule has 1 aromatic carbocycles. The second-order valence-corrected chi connectivity index (χ2v) is 4.83. The summed E-state index contributed by atoms with van der Waals surface area (Å²) in [6.45, 7) is 4.78. The highest BCUT2D eigenvalue weighted by Gasteiger charge is 2.27. The van der Waals surface area contributed by atoms with Crippen molar-refractivity contribution in [2.24, 2.45) is 0 Å². The van der Waals surface area contributed by atoms with Gasteiger partial charge in [-0.15, -0.1) is 0 Å². The van der Waals surface area contributed by atoms with Crippen molar-refractivity contribution >= 4 is 5.78 Å². The van der Waals surface area contributed by atoms with Crippen LogP contribution in [0.3, 0.4) is 0 Å². The molecule has 1 aromatic rings. The Morgan fingerprint density at radius 2 is 2.26 bits per heavy atom. The Balaban J connectivity index is 2.13. The van der Waals surface area contributed by atoms with Crippen LogP contribution in [-0.2, 0) is 4.74 Å². The Bertz CT molecular complexity index is 433. The molecule has 0 amide bonds. The van der Waals surface area contributed by atoms with Gasteiger partial charge in [0.05, 0.1) is 18.8 Å². The molecule has 2 rings (SSSR count). The maximum atomic E-state index is 12.5. The monoisotopic (exact) mass is 263 g/mol. The lowest BCUT2D eigenvalue weighted by Crippen LogP contribution is -2.44. The molecule has 19 heavy (non-hydrogen) atoms. The smallest absolute Gasteiger partial charge is 0.196 e. The highest BCUT2D eigenvalue weighted by atomic mass is 16.5. The van der Waals surface area contributed by atoms with Gasteiger partial charge in [-0.05, 0) is 25.6 Å². The van der Waals surface area contributed by atoms with Gasteiger partial charge >= 0.3 is 0 Å². The number of para-hydroxylation sites is 1. The van der Waals surface area contributed by atoms with E-state index in [1.54, 1.807) is 0 Å². The maximum Gasteiger partial charge on any atom is 0.196 e. The van der Waals surface area contributed by atoms with E-state index < -0.39 is 0 Å². The number of benzene rings is 1. The van der Waals surface area contributed by atoms with E-state index in [4.69, 9.17) is 9.47 Å². The fourth-order valence-electron chi connectivity index (χ4n) is 2.12. The van der Waals surface area contributed by atoms with Gasteiger partial charge in [0.2, 0.25) is 0 Å². The fourth-order valence-corrected chi connectivity index (χ4v) is 2.12. The zero-order valence-corrected chi connectivity index (χ0v) is 11.6. The average Bonchev–Trinajstić information content (AvgIpc) is 2.44. The first-order valence-corrected chi connectivity index (χ1v) is 6.78. The first-order chi connectivity index (χ1) is 9.22. The van der Waals surface area contributed by atoms with Crippen LogP contribution in [0.2, 0.25) is 0 Å². The minimum absolute atomic E-state index is 0.0123. The van der Waals surface area contributed by atoms with Crippen molar-refractivity contribution in [3.8, 4) is 5.75 Å². The van der Waals surface area contributed by atoms with Crippen LogP contribution in [0.25, 0.3) is 0 Å². The number of ketones is 1. The fraction of sp³-hybridized carbons (Fsp3) is 0.533. The summed E-state index contributed by atoms with van der Waals surface area (Å²) in [6.07, 6.45) is 0.538. The van der Waals surface area contributed by atoms with Crippen molar-refractivity contribution in [2.45, 2.75) is 19.4 Å². The van der Waals surface area contributed by atoms with Gasteiger partial charge in [0, 0.05) is 13.1 Å². The zero-order valence-electron chi connectivity index (χ0n) is 11.6. The third kappa shape index (κ3) is 3.55. The molecule has 1 heterocycles. The highest BCUT2D eigenvalue weighted by molar-refractivity contribution is 6.02. The third-order valence-corrected chi connectivity index (χ3v) is 3.18. The predicted molar refractivity (Wildman–Crippen MR) is 73.8 cm³/mol. The lowest BCUT2D eigenvalue weighted by Gasteiger charge is -2.29. The van der Waals surface area contributed by atoms with Crippen LogP contribution in [0, 0.1) is 0 Å². The van der Waals surface area contributed by atoms with E-state index in [0.29, 0.717) is 31.1 Å². The van der Waals surface area contributed by atoms with Gasteiger partial charge in [0.1, 0.15) is 11.9 Å². The molecule has 1 atom stereocenters. The van der Waals surface area contributed by atoms with Gasteiger partial charge in [-0.2, -0.15) is 0 Å². The summed E-state index contributed by atoms with van der Waals surface area (Å²) in [5.41, 5.74) is 0.622. The molecule has 0 N–H and O–H groups in total.